The van der Waals surface area contributed by atoms with Gasteiger partial charge >= 0.3 is 0 Å². The molecule has 0 bridgehead atoms. The Kier molecular flexibility index (Phi) is 2.78. The summed E-state index contributed by atoms with van der Waals surface area (Å²) >= 11 is 0. The molecule has 1 fully saturated rings. The van der Waals surface area contributed by atoms with Crippen LogP contribution in [-0.4, -0.2) is 36.3 Å². The minimum atomic E-state index is -0.243. The van der Waals surface area contributed by atoms with E-state index in [2.05, 4.69) is 0 Å². The fourth-order valence-corrected chi connectivity index (χ4v) is 2.61. The van der Waals surface area contributed by atoms with Crippen molar-refractivity contribution in [3.8, 4) is 5.75 Å². The Hall–Kier alpha value is -1.84. The zero-order valence-corrected chi connectivity index (χ0v) is 10.1. The second-order valence-electron chi connectivity index (χ2n) is 4.80. The zero-order valence-electron chi connectivity index (χ0n) is 10.1. The number of carbonyl (C=O) groups excluding carboxylic acids is 2. The van der Waals surface area contributed by atoms with Crippen LogP contribution in [0.15, 0.2) is 24.3 Å². The first kappa shape index (κ1) is 11.3. The van der Waals surface area contributed by atoms with Gasteiger partial charge in [-0.2, -0.15) is 0 Å². The molecule has 0 N–H and O–H groups in total. The number of piperidine rings is 1. The molecule has 0 radical (unpaired) electrons. The molecule has 18 heavy (non-hydrogen) atoms. The van der Waals surface area contributed by atoms with E-state index in [1.165, 1.54) is 0 Å². The van der Waals surface area contributed by atoms with E-state index in [1.54, 1.807) is 4.90 Å². The van der Waals surface area contributed by atoms with E-state index in [-0.39, 0.29) is 24.2 Å². The summed E-state index contributed by atoms with van der Waals surface area (Å²) in [5.41, 5.74) is 0.945. The molecule has 2 heterocycles. The molecule has 1 atom stereocenters. The molecule has 1 saturated heterocycles. The van der Waals surface area contributed by atoms with E-state index < -0.39 is 0 Å². The lowest BCUT2D eigenvalue weighted by Crippen LogP contribution is -2.42. The molecule has 4 heteroatoms. The SMILES string of the molecule is O=C1CCCN(C(=O)C2COc3ccccc32)C1. The Balaban J connectivity index is 1.80. The number of ether oxygens (including phenoxy) is 1. The fourth-order valence-electron chi connectivity index (χ4n) is 2.61. The maximum atomic E-state index is 12.4. The van der Waals surface area contributed by atoms with Crippen LogP contribution >= 0.6 is 0 Å². The Morgan fingerprint density at radius 2 is 2.17 bits per heavy atom. The van der Waals surface area contributed by atoms with Gasteiger partial charge in [0.05, 0.1) is 6.54 Å². The molecule has 2 aliphatic rings. The minimum Gasteiger partial charge on any atom is -0.492 e. The molecule has 1 aromatic rings. The summed E-state index contributed by atoms with van der Waals surface area (Å²) in [6, 6.07) is 7.62. The molecule has 1 amide bonds. The summed E-state index contributed by atoms with van der Waals surface area (Å²) in [6.45, 7) is 1.34. The Morgan fingerprint density at radius 3 is 3.00 bits per heavy atom. The van der Waals surface area contributed by atoms with Crippen molar-refractivity contribution in [3.05, 3.63) is 29.8 Å². The first-order valence-corrected chi connectivity index (χ1v) is 6.28. The highest BCUT2D eigenvalue weighted by Gasteiger charge is 2.34. The van der Waals surface area contributed by atoms with Crippen molar-refractivity contribution in [3.63, 3.8) is 0 Å². The standard InChI is InChI=1S/C14H15NO3/c16-10-4-3-7-15(8-10)14(17)12-9-18-13-6-2-1-5-11(12)13/h1-2,5-6,12H,3-4,7-9H2. The number of fused-ring (bicyclic) bond motifs is 1. The second-order valence-corrected chi connectivity index (χ2v) is 4.80. The number of Topliss-reactive ketones (excluding diaryl/α,β-unsaturated/α-hetero) is 1. The molecule has 0 aliphatic carbocycles. The van der Waals surface area contributed by atoms with Gasteiger partial charge in [-0.3, -0.25) is 9.59 Å². The minimum absolute atomic E-state index is 0.0213. The lowest BCUT2D eigenvalue weighted by Gasteiger charge is -2.27. The van der Waals surface area contributed by atoms with Crippen LogP contribution in [0.1, 0.15) is 24.3 Å². The van der Waals surface area contributed by atoms with E-state index >= 15 is 0 Å². The third-order valence-electron chi connectivity index (χ3n) is 3.56. The van der Waals surface area contributed by atoms with E-state index in [4.69, 9.17) is 4.74 Å². The summed E-state index contributed by atoms with van der Waals surface area (Å²) < 4.78 is 5.52. The Bertz CT molecular complexity index is 498. The summed E-state index contributed by atoms with van der Waals surface area (Å²) in [7, 11) is 0. The highest BCUT2D eigenvalue weighted by Crippen LogP contribution is 2.34. The molecular formula is C14H15NO3. The van der Waals surface area contributed by atoms with Crippen LogP contribution in [0.4, 0.5) is 0 Å². The first-order valence-electron chi connectivity index (χ1n) is 6.28. The van der Waals surface area contributed by atoms with Gasteiger partial charge < -0.3 is 9.64 Å². The summed E-state index contributed by atoms with van der Waals surface area (Å²) in [5, 5.41) is 0. The van der Waals surface area contributed by atoms with Crippen LogP contribution < -0.4 is 4.74 Å². The number of ketones is 1. The van der Waals surface area contributed by atoms with Gasteiger partial charge in [-0.15, -0.1) is 0 Å². The van der Waals surface area contributed by atoms with Gasteiger partial charge in [0.2, 0.25) is 5.91 Å². The zero-order chi connectivity index (χ0) is 12.5. The quantitative estimate of drug-likeness (QED) is 0.750. The Morgan fingerprint density at radius 1 is 1.33 bits per heavy atom. The molecular weight excluding hydrogens is 230 g/mol. The van der Waals surface area contributed by atoms with Gasteiger partial charge in [0.25, 0.3) is 0 Å². The lowest BCUT2D eigenvalue weighted by atomic mass is 9.98. The van der Waals surface area contributed by atoms with Gasteiger partial charge in [-0.1, -0.05) is 18.2 Å². The molecule has 0 saturated carbocycles. The Labute approximate surface area is 106 Å². The van der Waals surface area contributed by atoms with Crippen molar-refractivity contribution in [2.45, 2.75) is 18.8 Å². The highest BCUT2D eigenvalue weighted by molar-refractivity contribution is 5.91. The van der Waals surface area contributed by atoms with Crippen molar-refractivity contribution in [1.29, 1.82) is 0 Å². The maximum Gasteiger partial charge on any atom is 0.234 e. The van der Waals surface area contributed by atoms with Gasteiger partial charge in [0.1, 0.15) is 18.3 Å². The number of likely N-dealkylation sites (tertiary alicyclic amines) is 1. The number of benzene rings is 1. The maximum absolute atomic E-state index is 12.4. The van der Waals surface area contributed by atoms with Crippen molar-refractivity contribution in [1.82, 2.24) is 4.90 Å². The van der Waals surface area contributed by atoms with Gasteiger partial charge in [0.15, 0.2) is 5.78 Å². The largest absolute Gasteiger partial charge is 0.492 e. The van der Waals surface area contributed by atoms with Crippen molar-refractivity contribution >= 4 is 11.7 Å². The molecule has 1 aromatic carbocycles. The van der Waals surface area contributed by atoms with Crippen LogP contribution in [0.25, 0.3) is 0 Å². The lowest BCUT2D eigenvalue weighted by molar-refractivity contribution is -0.138. The normalized spacial score (nSPS) is 22.6. The van der Waals surface area contributed by atoms with Crippen LogP contribution in [0, 0.1) is 0 Å². The third-order valence-corrected chi connectivity index (χ3v) is 3.56. The number of para-hydroxylation sites is 1. The number of nitrogens with zero attached hydrogens (tertiary/aromatic N) is 1. The third kappa shape index (κ3) is 1.88. The summed E-state index contributed by atoms with van der Waals surface area (Å²) in [4.78, 5) is 25.5. The predicted octanol–water partition coefficient (Wildman–Crippen LogP) is 1.35. The fraction of sp³-hybridized carbons (Fsp3) is 0.429. The van der Waals surface area contributed by atoms with Gasteiger partial charge in [-0.25, -0.2) is 0 Å². The molecule has 0 aromatic heterocycles. The number of carbonyl (C=O) groups is 2. The summed E-state index contributed by atoms with van der Waals surface area (Å²) in [5.74, 6) is 0.723. The monoisotopic (exact) mass is 245 g/mol. The molecule has 4 nitrogen and oxygen atoms in total. The average molecular weight is 245 g/mol. The number of rotatable bonds is 1. The smallest absolute Gasteiger partial charge is 0.234 e. The van der Waals surface area contributed by atoms with Crippen LogP contribution in [0.3, 0.4) is 0 Å². The van der Waals surface area contributed by atoms with Crippen molar-refractivity contribution < 1.29 is 14.3 Å². The molecule has 3 rings (SSSR count). The molecule has 1 unspecified atom stereocenters. The number of hydrogen-bond acceptors (Lipinski definition) is 3. The van der Waals surface area contributed by atoms with Crippen LogP contribution in [0.5, 0.6) is 5.75 Å². The van der Waals surface area contributed by atoms with Gasteiger partial charge in [-0.05, 0) is 12.5 Å². The second kappa shape index (κ2) is 4.44. The van der Waals surface area contributed by atoms with E-state index in [1.807, 2.05) is 24.3 Å². The van der Waals surface area contributed by atoms with Crippen molar-refractivity contribution in [2.75, 3.05) is 19.7 Å². The molecule has 2 aliphatic heterocycles. The highest BCUT2D eigenvalue weighted by atomic mass is 16.5. The van der Waals surface area contributed by atoms with Crippen LogP contribution in [-0.2, 0) is 9.59 Å². The van der Waals surface area contributed by atoms with E-state index in [0.717, 1.165) is 17.7 Å². The van der Waals surface area contributed by atoms with Crippen molar-refractivity contribution in [2.24, 2.45) is 0 Å². The predicted molar refractivity (Wildman–Crippen MR) is 65.5 cm³/mol. The van der Waals surface area contributed by atoms with Crippen LogP contribution in [0.2, 0.25) is 0 Å². The van der Waals surface area contributed by atoms with E-state index in [0.29, 0.717) is 19.6 Å². The average Bonchev–Trinajstić information content (AvgIpc) is 2.82. The summed E-state index contributed by atoms with van der Waals surface area (Å²) in [6.07, 6.45) is 1.38. The number of amides is 1. The number of hydrogen-bond donors (Lipinski definition) is 0. The van der Waals surface area contributed by atoms with E-state index in [9.17, 15) is 9.59 Å². The molecule has 0 spiro atoms. The van der Waals surface area contributed by atoms with Gasteiger partial charge in [0, 0.05) is 18.5 Å². The topological polar surface area (TPSA) is 46.6 Å². The first-order chi connectivity index (χ1) is 8.75. The molecule has 94 valence electrons.